The van der Waals surface area contributed by atoms with Gasteiger partial charge >= 0.3 is 5.97 Å². The number of thiocarbonyl (C=S) groups is 1. The molecule has 0 saturated carbocycles. The number of esters is 1. The fourth-order valence-corrected chi connectivity index (χ4v) is 0.819. The highest BCUT2D eigenvalue weighted by Crippen LogP contribution is 2.10. The van der Waals surface area contributed by atoms with Crippen LogP contribution in [0, 0.1) is 0 Å². The molecule has 0 aliphatic rings. The molecule has 0 unspecified atom stereocenters. The van der Waals surface area contributed by atoms with Crippen molar-refractivity contribution >= 4 is 23.3 Å². The number of aliphatic imine (C=N–C) groups is 1. The number of allylic oxidation sites excluding steroid dienone is 1. The summed E-state index contributed by atoms with van der Waals surface area (Å²) in [5, 5.41) is 2.17. The van der Waals surface area contributed by atoms with E-state index in [1.807, 2.05) is 13.8 Å². The Kier molecular flexibility index (Phi) is 6.02. The number of hydrogen-bond donors (Lipinski definition) is 0. The molecular weight excluding hydrogens is 186 g/mol. The van der Waals surface area contributed by atoms with E-state index in [1.54, 1.807) is 6.92 Å². The van der Waals surface area contributed by atoms with Gasteiger partial charge in [-0.2, -0.15) is 4.99 Å². The van der Waals surface area contributed by atoms with Gasteiger partial charge in [-0.15, -0.1) is 0 Å². The second-order valence-electron chi connectivity index (χ2n) is 2.41. The minimum absolute atomic E-state index is 0.277. The second-order valence-corrected chi connectivity index (χ2v) is 2.59. The molecule has 0 atom stereocenters. The summed E-state index contributed by atoms with van der Waals surface area (Å²) >= 11 is 4.44. The van der Waals surface area contributed by atoms with E-state index >= 15 is 0 Å². The molecule has 0 N–H and O–H groups in total. The van der Waals surface area contributed by atoms with Gasteiger partial charge in [0.15, 0.2) is 5.70 Å². The van der Waals surface area contributed by atoms with Gasteiger partial charge in [0, 0.05) is 0 Å². The summed E-state index contributed by atoms with van der Waals surface area (Å²) in [5.41, 5.74) is 1.13. The van der Waals surface area contributed by atoms with E-state index in [0.29, 0.717) is 6.61 Å². The standard InChI is InChI=1S/C9H13NO2S/c1-4-7(3)8(10-6-13)9(11)12-5-2/h4-5H2,1-3H3/b8-7-. The van der Waals surface area contributed by atoms with Crippen molar-refractivity contribution in [2.45, 2.75) is 27.2 Å². The Morgan fingerprint density at radius 2 is 2.15 bits per heavy atom. The lowest BCUT2D eigenvalue weighted by Gasteiger charge is -2.03. The van der Waals surface area contributed by atoms with Gasteiger partial charge in [0.1, 0.15) is 0 Å². The van der Waals surface area contributed by atoms with Crippen LogP contribution in [-0.4, -0.2) is 17.7 Å². The lowest BCUT2D eigenvalue weighted by Crippen LogP contribution is -2.07. The van der Waals surface area contributed by atoms with E-state index in [0.717, 1.165) is 12.0 Å². The zero-order valence-corrected chi connectivity index (χ0v) is 8.90. The predicted molar refractivity (Wildman–Crippen MR) is 54.7 cm³/mol. The average molecular weight is 199 g/mol. The average Bonchev–Trinajstić information content (AvgIpc) is 2.13. The quantitative estimate of drug-likeness (QED) is 0.302. The SMILES string of the molecule is CCOC(=O)/C(N=C=S)=C(\C)CC. The van der Waals surface area contributed by atoms with E-state index in [9.17, 15) is 4.79 Å². The summed E-state index contributed by atoms with van der Waals surface area (Å²) in [4.78, 5) is 15.0. The maximum atomic E-state index is 11.3. The van der Waals surface area contributed by atoms with Crippen molar-refractivity contribution in [2.24, 2.45) is 4.99 Å². The van der Waals surface area contributed by atoms with E-state index in [2.05, 4.69) is 22.4 Å². The molecule has 0 saturated heterocycles. The molecule has 0 fully saturated rings. The van der Waals surface area contributed by atoms with Crippen molar-refractivity contribution < 1.29 is 9.53 Å². The largest absolute Gasteiger partial charge is 0.461 e. The van der Waals surface area contributed by atoms with Crippen LogP contribution in [0.2, 0.25) is 0 Å². The van der Waals surface area contributed by atoms with E-state index in [-0.39, 0.29) is 5.70 Å². The summed E-state index contributed by atoms with van der Waals surface area (Å²) in [6.07, 6.45) is 0.745. The summed E-state index contributed by atoms with van der Waals surface area (Å²) in [7, 11) is 0. The molecule has 13 heavy (non-hydrogen) atoms. The van der Waals surface area contributed by atoms with Gasteiger partial charge in [-0.1, -0.05) is 6.92 Å². The van der Waals surface area contributed by atoms with Crippen LogP contribution in [0.5, 0.6) is 0 Å². The number of hydrogen-bond acceptors (Lipinski definition) is 4. The molecule has 0 bridgehead atoms. The molecule has 72 valence electrons. The van der Waals surface area contributed by atoms with Crippen LogP contribution in [-0.2, 0) is 9.53 Å². The highest BCUT2D eigenvalue weighted by molar-refractivity contribution is 7.78. The third kappa shape index (κ3) is 3.97. The van der Waals surface area contributed by atoms with E-state index in [4.69, 9.17) is 4.74 Å². The fraction of sp³-hybridized carbons (Fsp3) is 0.556. The molecule has 4 heteroatoms. The highest BCUT2D eigenvalue weighted by atomic mass is 32.1. The predicted octanol–water partition coefficient (Wildman–Crippen LogP) is 2.34. The van der Waals surface area contributed by atoms with Crippen LogP contribution in [0.1, 0.15) is 27.2 Å². The van der Waals surface area contributed by atoms with E-state index < -0.39 is 5.97 Å². The van der Waals surface area contributed by atoms with Crippen LogP contribution in [0.4, 0.5) is 0 Å². The zero-order valence-electron chi connectivity index (χ0n) is 8.09. The maximum absolute atomic E-state index is 11.3. The first kappa shape index (κ1) is 12.0. The number of rotatable bonds is 4. The molecule has 0 aliphatic carbocycles. The molecule has 0 rings (SSSR count). The van der Waals surface area contributed by atoms with Crippen molar-refractivity contribution in [2.75, 3.05) is 6.61 Å². The Balaban J connectivity index is 4.81. The Bertz CT molecular complexity index is 265. The molecular formula is C9H13NO2S. The van der Waals surface area contributed by atoms with Gasteiger partial charge in [0.25, 0.3) is 0 Å². The molecule has 3 nitrogen and oxygen atoms in total. The van der Waals surface area contributed by atoms with Crippen molar-refractivity contribution in [1.82, 2.24) is 0 Å². The minimum atomic E-state index is -0.431. The molecule has 0 amide bonds. The lowest BCUT2D eigenvalue weighted by molar-refractivity contribution is -0.138. The Morgan fingerprint density at radius 1 is 1.54 bits per heavy atom. The molecule has 0 aromatic heterocycles. The van der Waals surface area contributed by atoms with Gasteiger partial charge < -0.3 is 4.74 Å². The molecule has 0 aromatic carbocycles. The number of nitrogens with zero attached hydrogens (tertiary/aromatic N) is 1. The Labute approximate surface area is 83.5 Å². The van der Waals surface area contributed by atoms with Crippen LogP contribution in [0.25, 0.3) is 0 Å². The first-order valence-electron chi connectivity index (χ1n) is 4.12. The van der Waals surface area contributed by atoms with Gasteiger partial charge in [-0.3, -0.25) is 0 Å². The number of carbonyl (C=O) groups is 1. The molecule has 0 heterocycles. The lowest BCUT2D eigenvalue weighted by atomic mass is 10.2. The minimum Gasteiger partial charge on any atom is -0.461 e. The van der Waals surface area contributed by atoms with Gasteiger partial charge in [0.05, 0.1) is 11.8 Å². The first-order chi connectivity index (χ1) is 6.17. The van der Waals surface area contributed by atoms with Crippen molar-refractivity contribution in [1.29, 1.82) is 0 Å². The zero-order chi connectivity index (χ0) is 10.3. The number of isothiocyanates is 1. The number of ether oxygens (including phenoxy) is 1. The third-order valence-electron chi connectivity index (χ3n) is 1.56. The van der Waals surface area contributed by atoms with Gasteiger partial charge in [-0.05, 0) is 38.1 Å². The van der Waals surface area contributed by atoms with Gasteiger partial charge in [0.2, 0.25) is 0 Å². The van der Waals surface area contributed by atoms with Crippen LogP contribution in [0.3, 0.4) is 0 Å². The number of carbonyl (C=O) groups excluding carboxylic acids is 1. The van der Waals surface area contributed by atoms with Crippen LogP contribution >= 0.6 is 12.2 Å². The van der Waals surface area contributed by atoms with Gasteiger partial charge in [-0.25, -0.2) is 4.79 Å². The molecule has 0 aromatic rings. The highest BCUT2D eigenvalue weighted by Gasteiger charge is 2.11. The summed E-state index contributed by atoms with van der Waals surface area (Å²) in [5.74, 6) is -0.431. The topological polar surface area (TPSA) is 38.7 Å². The van der Waals surface area contributed by atoms with Crippen molar-refractivity contribution in [3.63, 3.8) is 0 Å². The summed E-state index contributed by atoms with van der Waals surface area (Å²) in [6, 6.07) is 0. The third-order valence-corrected chi connectivity index (χ3v) is 1.65. The molecule has 0 spiro atoms. The smallest absolute Gasteiger partial charge is 0.357 e. The molecule has 0 radical (unpaired) electrons. The van der Waals surface area contributed by atoms with Crippen molar-refractivity contribution in [3.8, 4) is 0 Å². The van der Waals surface area contributed by atoms with Crippen LogP contribution < -0.4 is 0 Å². The monoisotopic (exact) mass is 199 g/mol. The maximum Gasteiger partial charge on any atom is 0.357 e. The second kappa shape index (κ2) is 6.52. The Morgan fingerprint density at radius 3 is 2.54 bits per heavy atom. The van der Waals surface area contributed by atoms with Crippen molar-refractivity contribution in [3.05, 3.63) is 11.3 Å². The fourth-order valence-electron chi connectivity index (χ4n) is 0.728. The first-order valence-corrected chi connectivity index (χ1v) is 4.52. The summed E-state index contributed by atoms with van der Waals surface area (Å²) in [6.45, 7) is 5.85. The summed E-state index contributed by atoms with van der Waals surface area (Å²) < 4.78 is 4.80. The Hall–Kier alpha value is -0.990. The normalized spacial score (nSPS) is 11.3. The van der Waals surface area contributed by atoms with Crippen LogP contribution in [0.15, 0.2) is 16.3 Å². The van der Waals surface area contributed by atoms with E-state index in [1.165, 1.54) is 0 Å². The molecule has 0 aliphatic heterocycles.